The fourth-order valence-corrected chi connectivity index (χ4v) is 5.43. The van der Waals surface area contributed by atoms with Crippen LogP contribution < -0.4 is 4.90 Å². The van der Waals surface area contributed by atoms with Crippen molar-refractivity contribution >= 4 is 66.6 Å². The number of Topliss-reactive ketones (excluding diaryl/α,β-unsaturated/α-hetero) is 1. The number of amides is 1. The number of nitrogens with zero attached hydrogens (tertiary/aromatic N) is 3. The van der Waals surface area contributed by atoms with E-state index in [1.165, 1.54) is 23.2 Å². The zero-order valence-corrected chi connectivity index (χ0v) is 19.3. The summed E-state index contributed by atoms with van der Waals surface area (Å²) < 4.78 is 14.5. The van der Waals surface area contributed by atoms with Crippen LogP contribution in [0.2, 0.25) is 5.02 Å². The summed E-state index contributed by atoms with van der Waals surface area (Å²) >= 11 is 6.94. The molecule has 172 valence electrons. The van der Waals surface area contributed by atoms with Gasteiger partial charge in [0.2, 0.25) is 0 Å². The molecule has 5 aromatic rings. The molecule has 7 nitrogen and oxygen atoms in total. The number of pyridine rings is 1. The Hall–Kier alpha value is -4.08. The highest BCUT2D eigenvalue weighted by molar-refractivity contribution is 7.22. The number of ketones is 1. The number of aliphatic hydroxyl groups is 1. The van der Waals surface area contributed by atoms with Gasteiger partial charge in [-0.2, -0.15) is 0 Å². The number of aliphatic hydroxyl groups excluding tert-OH is 1. The minimum absolute atomic E-state index is 0.1000. The molecule has 1 unspecified atom stereocenters. The highest BCUT2D eigenvalue weighted by Gasteiger charge is 2.49. The van der Waals surface area contributed by atoms with Gasteiger partial charge in [-0.05, 0) is 30.3 Å². The molecule has 1 saturated heterocycles. The normalized spacial score (nSPS) is 17.7. The smallest absolute Gasteiger partial charge is 0.301 e. The van der Waals surface area contributed by atoms with E-state index in [1.807, 2.05) is 18.2 Å². The number of halogens is 2. The van der Waals surface area contributed by atoms with Crippen molar-refractivity contribution in [2.45, 2.75) is 6.04 Å². The lowest BCUT2D eigenvalue weighted by Gasteiger charge is -2.21. The Morgan fingerprint density at radius 2 is 1.94 bits per heavy atom. The predicted molar refractivity (Wildman–Crippen MR) is 132 cm³/mol. The number of para-hydroxylation sites is 1. The van der Waals surface area contributed by atoms with Gasteiger partial charge < -0.3 is 10.1 Å². The summed E-state index contributed by atoms with van der Waals surface area (Å²) in [6.45, 7) is 0. The lowest BCUT2D eigenvalue weighted by molar-refractivity contribution is -0.132. The first kappa shape index (κ1) is 21.5. The van der Waals surface area contributed by atoms with E-state index in [1.54, 1.807) is 30.5 Å². The average Bonchev–Trinajstić information content (AvgIpc) is 3.54. The minimum atomic E-state index is -1.04. The number of hydrogen-bond donors (Lipinski definition) is 2. The van der Waals surface area contributed by atoms with Crippen molar-refractivity contribution in [2.24, 2.45) is 0 Å². The van der Waals surface area contributed by atoms with E-state index in [-0.39, 0.29) is 21.5 Å². The lowest BCUT2D eigenvalue weighted by atomic mass is 9.98. The van der Waals surface area contributed by atoms with Gasteiger partial charge in [-0.3, -0.25) is 19.5 Å². The quantitative estimate of drug-likeness (QED) is 0.189. The number of fused-ring (bicyclic) bond motifs is 2. The number of H-pyrrole nitrogens is 1. The largest absolute Gasteiger partial charge is 0.507 e. The molecule has 4 heterocycles. The van der Waals surface area contributed by atoms with Gasteiger partial charge in [0.25, 0.3) is 5.78 Å². The van der Waals surface area contributed by atoms with Crippen LogP contribution in [0.5, 0.6) is 0 Å². The standard InChI is InChI=1S/C25H14ClFN4O3S/c26-14-9-18-19(10-15(14)27)35-25(30-18)31-21(17-7-3-4-8-28-17)20(23(33)24(31)34)22(32)13-11-29-16-6-2-1-5-12(13)16/h1-11,21,29,32H/b22-20+. The van der Waals surface area contributed by atoms with Crippen molar-refractivity contribution < 1.29 is 19.1 Å². The molecular weight excluding hydrogens is 491 g/mol. The van der Waals surface area contributed by atoms with Crippen molar-refractivity contribution in [3.05, 3.63) is 94.7 Å². The maximum absolute atomic E-state index is 14.0. The average molecular weight is 505 g/mol. The summed E-state index contributed by atoms with van der Waals surface area (Å²) in [5, 5.41) is 12.1. The molecule has 0 aliphatic carbocycles. The second-order valence-electron chi connectivity index (χ2n) is 7.90. The van der Waals surface area contributed by atoms with Crippen molar-refractivity contribution in [3.63, 3.8) is 0 Å². The Kier molecular flexibility index (Phi) is 4.91. The Balaban J connectivity index is 1.58. The van der Waals surface area contributed by atoms with Gasteiger partial charge in [0.05, 0.1) is 26.5 Å². The zero-order valence-electron chi connectivity index (χ0n) is 17.7. The third-order valence-corrected chi connectivity index (χ3v) is 7.19. The molecule has 0 spiro atoms. The Morgan fingerprint density at radius 3 is 2.74 bits per heavy atom. The molecule has 1 aliphatic rings. The summed E-state index contributed by atoms with van der Waals surface area (Å²) in [4.78, 5) is 39.7. The fourth-order valence-electron chi connectivity index (χ4n) is 4.27. The Morgan fingerprint density at radius 1 is 1.14 bits per heavy atom. The van der Waals surface area contributed by atoms with Crippen LogP contribution in [0.4, 0.5) is 9.52 Å². The van der Waals surface area contributed by atoms with Crippen LogP contribution in [-0.2, 0) is 9.59 Å². The summed E-state index contributed by atoms with van der Waals surface area (Å²) in [5.41, 5.74) is 1.80. The van der Waals surface area contributed by atoms with Crippen molar-refractivity contribution in [3.8, 4) is 0 Å². The third kappa shape index (κ3) is 3.31. The first-order valence-corrected chi connectivity index (χ1v) is 11.7. The van der Waals surface area contributed by atoms with Crippen LogP contribution in [0.1, 0.15) is 17.3 Å². The topological polar surface area (TPSA) is 99.2 Å². The van der Waals surface area contributed by atoms with E-state index < -0.39 is 23.5 Å². The van der Waals surface area contributed by atoms with Crippen LogP contribution in [0, 0.1) is 5.82 Å². The van der Waals surface area contributed by atoms with Gasteiger partial charge in [-0.15, -0.1) is 0 Å². The molecule has 1 atom stereocenters. The maximum Gasteiger partial charge on any atom is 0.301 e. The van der Waals surface area contributed by atoms with Crippen LogP contribution in [0.3, 0.4) is 0 Å². The maximum atomic E-state index is 14.0. The molecule has 1 aliphatic heterocycles. The Bertz CT molecular complexity index is 1660. The molecule has 3 aromatic heterocycles. The number of nitrogens with one attached hydrogen (secondary N) is 1. The van der Waals surface area contributed by atoms with Gasteiger partial charge in [0, 0.05) is 28.9 Å². The van der Waals surface area contributed by atoms with E-state index >= 15 is 0 Å². The summed E-state index contributed by atoms with van der Waals surface area (Å²) in [6, 6.07) is 14.0. The zero-order chi connectivity index (χ0) is 24.3. The number of carbonyl (C=O) groups excluding carboxylic acids is 2. The van der Waals surface area contributed by atoms with Crippen molar-refractivity contribution in [1.29, 1.82) is 0 Å². The number of carbonyl (C=O) groups is 2. The molecule has 0 bridgehead atoms. The predicted octanol–water partition coefficient (Wildman–Crippen LogP) is 5.59. The monoisotopic (exact) mass is 504 g/mol. The number of hydrogen-bond acceptors (Lipinski definition) is 6. The number of anilines is 1. The van der Waals surface area contributed by atoms with E-state index in [0.717, 1.165) is 16.9 Å². The van der Waals surface area contributed by atoms with Crippen LogP contribution in [0.25, 0.3) is 26.9 Å². The molecule has 1 amide bonds. The lowest BCUT2D eigenvalue weighted by Crippen LogP contribution is -2.29. The van der Waals surface area contributed by atoms with E-state index in [2.05, 4.69) is 15.0 Å². The van der Waals surface area contributed by atoms with Gasteiger partial charge in [0.15, 0.2) is 5.13 Å². The Labute approximate surface area is 206 Å². The van der Waals surface area contributed by atoms with E-state index in [0.29, 0.717) is 26.9 Å². The second-order valence-corrected chi connectivity index (χ2v) is 9.32. The second kappa shape index (κ2) is 8.00. The van der Waals surface area contributed by atoms with Crippen LogP contribution >= 0.6 is 22.9 Å². The van der Waals surface area contributed by atoms with Gasteiger partial charge >= 0.3 is 5.91 Å². The molecule has 35 heavy (non-hydrogen) atoms. The first-order chi connectivity index (χ1) is 16.9. The molecule has 0 saturated carbocycles. The third-order valence-electron chi connectivity index (χ3n) is 5.88. The molecule has 1 fully saturated rings. The first-order valence-electron chi connectivity index (χ1n) is 10.5. The van der Waals surface area contributed by atoms with Crippen LogP contribution in [0.15, 0.2) is 72.6 Å². The number of rotatable bonds is 3. The van der Waals surface area contributed by atoms with Gasteiger partial charge in [-0.1, -0.05) is 47.2 Å². The van der Waals surface area contributed by atoms with Gasteiger partial charge in [-0.25, -0.2) is 9.37 Å². The highest BCUT2D eigenvalue weighted by atomic mass is 35.5. The molecule has 2 N–H and O–H groups in total. The molecule has 6 rings (SSSR count). The van der Waals surface area contributed by atoms with Crippen molar-refractivity contribution in [1.82, 2.24) is 15.0 Å². The molecule has 2 aromatic carbocycles. The summed E-state index contributed by atoms with van der Waals surface area (Å²) in [5.74, 6) is -2.68. The minimum Gasteiger partial charge on any atom is -0.507 e. The summed E-state index contributed by atoms with van der Waals surface area (Å²) in [7, 11) is 0. The van der Waals surface area contributed by atoms with E-state index in [4.69, 9.17) is 11.6 Å². The number of benzene rings is 2. The van der Waals surface area contributed by atoms with Crippen LogP contribution in [-0.4, -0.2) is 31.7 Å². The molecule has 10 heteroatoms. The number of aromatic nitrogens is 3. The van der Waals surface area contributed by atoms with Gasteiger partial charge in [0.1, 0.15) is 17.6 Å². The SMILES string of the molecule is O=C1C(=O)N(c2nc3cc(Cl)c(F)cc3s2)C(c2ccccn2)/C1=C(\O)c1c[nH]c2ccccc12. The summed E-state index contributed by atoms with van der Waals surface area (Å²) in [6.07, 6.45) is 3.13. The van der Waals surface area contributed by atoms with Crippen molar-refractivity contribution in [2.75, 3.05) is 4.90 Å². The van der Waals surface area contributed by atoms with E-state index in [9.17, 15) is 19.1 Å². The molecule has 0 radical (unpaired) electrons. The molecular formula is C25H14ClFN4O3S. The number of thiazole rings is 1. The highest BCUT2D eigenvalue weighted by Crippen LogP contribution is 2.44. The number of aromatic amines is 1. The fraction of sp³-hybridized carbons (Fsp3) is 0.0400.